The largest absolute Gasteiger partial charge is 0.484 e. The van der Waals surface area contributed by atoms with Crippen molar-refractivity contribution >= 4 is 5.91 Å². The van der Waals surface area contributed by atoms with Gasteiger partial charge in [0.05, 0.1) is 36.6 Å². The molecule has 2 rings (SSSR count). The third-order valence-corrected chi connectivity index (χ3v) is 3.90. The van der Waals surface area contributed by atoms with Crippen LogP contribution < -0.4 is 4.74 Å². The highest BCUT2D eigenvalue weighted by molar-refractivity contribution is 5.77. The lowest BCUT2D eigenvalue weighted by atomic mass is 10.0. The number of amides is 1. The number of carbonyl (C=O) groups excluding carboxylic acids is 1. The monoisotopic (exact) mass is 358 g/mol. The summed E-state index contributed by atoms with van der Waals surface area (Å²) in [5.74, 6) is 0.304. The Morgan fingerprint density at radius 1 is 0.852 bits per heavy atom. The molecule has 0 unspecified atom stereocenters. The van der Waals surface area contributed by atoms with E-state index in [1.807, 2.05) is 36.4 Å². The van der Waals surface area contributed by atoms with Gasteiger partial charge in [0.2, 0.25) is 0 Å². The second-order valence-electron chi connectivity index (χ2n) is 5.70. The van der Waals surface area contributed by atoms with Crippen LogP contribution in [0.5, 0.6) is 5.75 Å². The van der Waals surface area contributed by atoms with Crippen LogP contribution in [0.1, 0.15) is 18.4 Å². The van der Waals surface area contributed by atoms with Gasteiger partial charge >= 0.3 is 0 Å². The average molecular weight is 358 g/mol. The summed E-state index contributed by atoms with van der Waals surface area (Å²) in [6, 6.07) is 20.7. The van der Waals surface area contributed by atoms with Crippen LogP contribution in [0, 0.1) is 34.0 Å². The number of ether oxygens (including phenoxy) is 1. The summed E-state index contributed by atoms with van der Waals surface area (Å²) < 4.78 is 5.54. The molecule has 0 aliphatic rings. The minimum absolute atomic E-state index is 0.146. The SMILES string of the molecule is N#CCCN(CCC#N)C(=O)COc1ccc(-c2ccc(C#N)cc2)cc1. The van der Waals surface area contributed by atoms with Gasteiger partial charge in [-0.2, -0.15) is 15.8 Å². The molecule has 0 fully saturated rings. The Kier molecular flexibility index (Phi) is 7.39. The third-order valence-electron chi connectivity index (χ3n) is 3.90. The fraction of sp³-hybridized carbons (Fsp3) is 0.238. The number of nitriles is 3. The molecule has 27 heavy (non-hydrogen) atoms. The minimum Gasteiger partial charge on any atom is -0.484 e. The van der Waals surface area contributed by atoms with Crippen molar-refractivity contribution in [1.29, 1.82) is 15.8 Å². The first-order valence-electron chi connectivity index (χ1n) is 8.43. The molecule has 1 amide bonds. The first kappa shape index (κ1) is 19.5. The Bertz CT molecular complexity index is 866. The molecule has 0 aliphatic heterocycles. The highest BCUT2D eigenvalue weighted by atomic mass is 16.5. The van der Waals surface area contributed by atoms with E-state index in [0.29, 0.717) is 11.3 Å². The molecule has 134 valence electrons. The van der Waals surface area contributed by atoms with E-state index in [1.165, 1.54) is 4.90 Å². The van der Waals surface area contributed by atoms with E-state index in [2.05, 4.69) is 6.07 Å². The number of nitrogens with zero attached hydrogens (tertiary/aromatic N) is 4. The van der Waals surface area contributed by atoms with E-state index < -0.39 is 0 Å². The van der Waals surface area contributed by atoms with E-state index in [-0.39, 0.29) is 38.4 Å². The van der Waals surface area contributed by atoms with Gasteiger partial charge in [-0.15, -0.1) is 0 Å². The van der Waals surface area contributed by atoms with Crippen molar-refractivity contribution in [3.63, 3.8) is 0 Å². The van der Waals surface area contributed by atoms with Crippen LogP contribution in [-0.2, 0) is 4.79 Å². The summed E-state index contributed by atoms with van der Waals surface area (Å²) in [5.41, 5.74) is 2.56. The van der Waals surface area contributed by atoms with Crippen LogP contribution in [0.25, 0.3) is 11.1 Å². The first-order valence-corrected chi connectivity index (χ1v) is 8.43. The molecule has 6 heteroatoms. The van der Waals surface area contributed by atoms with Gasteiger partial charge in [0, 0.05) is 13.1 Å². The Hall–Kier alpha value is -3.82. The lowest BCUT2D eigenvalue weighted by Crippen LogP contribution is -2.36. The summed E-state index contributed by atoms with van der Waals surface area (Å²) in [7, 11) is 0. The van der Waals surface area contributed by atoms with E-state index in [9.17, 15) is 4.79 Å². The Labute approximate surface area is 158 Å². The Morgan fingerprint density at radius 2 is 1.37 bits per heavy atom. The predicted octanol–water partition coefficient (Wildman–Crippen LogP) is 3.26. The summed E-state index contributed by atoms with van der Waals surface area (Å²) in [6.45, 7) is 0.434. The third kappa shape index (κ3) is 5.88. The molecule has 0 spiro atoms. The van der Waals surface area contributed by atoms with Crippen molar-refractivity contribution in [3.8, 4) is 35.1 Å². The van der Waals surface area contributed by atoms with Crippen molar-refractivity contribution in [3.05, 3.63) is 54.1 Å². The lowest BCUT2D eigenvalue weighted by Gasteiger charge is -2.20. The van der Waals surface area contributed by atoms with Crippen molar-refractivity contribution in [1.82, 2.24) is 4.90 Å². The molecule has 2 aromatic rings. The second kappa shape index (κ2) is 10.2. The van der Waals surface area contributed by atoms with E-state index in [4.69, 9.17) is 20.5 Å². The quantitative estimate of drug-likeness (QED) is 0.721. The smallest absolute Gasteiger partial charge is 0.260 e. The van der Waals surface area contributed by atoms with Crippen LogP contribution in [0.15, 0.2) is 48.5 Å². The van der Waals surface area contributed by atoms with Gasteiger partial charge in [0.1, 0.15) is 5.75 Å². The fourth-order valence-corrected chi connectivity index (χ4v) is 2.45. The molecule has 0 saturated heterocycles. The number of carbonyl (C=O) groups is 1. The molecule has 2 aromatic carbocycles. The van der Waals surface area contributed by atoms with Gasteiger partial charge in [0.15, 0.2) is 6.61 Å². The van der Waals surface area contributed by atoms with Crippen LogP contribution in [-0.4, -0.2) is 30.5 Å². The maximum atomic E-state index is 12.2. The maximum Gasteiger partial charge on any atom is 0.260 e. The summed E-state index contributed by atoms with van der Waals surface area (Å²) in [6.07, 6.45) is 0.437. The number of rotatable bonds is 8. The van der Waals surface area contributed by atoms with Crippen molar-refractivity contribution in [2.75, 3.05) is 19.7 Å². The lowest BCUT2D eigenvalue weighted by molar-refractivity contribution is -0.133. The minimum atomic E-state index is -0.253. The highest BCUT2D eigenvalue weighted by Gasteiger charge is 2.13. The molecular formula is C21H18N4O2. The molecule has 0 radical (unpaired) electrons. The second-order valence-corrected chi connectivity index (χ2v) is 5.70. The number of hydrogen-bond donors (Lipinski definition) is 0. The molecule has 0 heterocycles. The van der Waals surface area contributed by atoms with Gasteiger partial charge in [-0.1, -0.05) is 24.3 Å². The van der Waals surface area contributed by atoms with Crippen LogP contribution >= 0.6 is 0 Å². The maximum absolute atomic E-state index is 12.2. The summed E-state index contributed by atoms with van der Waals surface area (Å²) >= 11 is 0. The fourth-order valence-electron chi connectivity index (χ4n) is 2.45. The zero-order valence-electron chi connectivity index (χ0n) is 14.8. The first-order chi connectivity index (χ1) is 13.2. The molecule has 0 aliphatic carbocycles. The number of hydrogen-bond acceptors (Lipinski definition) is 5. The molecule has 0 aromatic heterocycles. The average Bonchev–Trinajstić information content (AvgIpc) is 2.72. The molecule has 0 N–H and O–H groups in total. The molecular weight excluding hydrogens is 340 g/mol. The normalized spacial score (nSPS) is 9.52. The summed E-state index contributed by atoms with van der Waals surface area (Å²) in [5, 5.41) is 26.2. The zero-order valence-corrected chi connectivity index (χ0v) is 14.8. The van der Waals surface area contributed by atoms with Gasteiger partial charge in [-0.3, -0.25) is 4.79 Å². The summed E-state index contributed by atoms with van der Waals surface area (Å²) in [4.78, 5) is 13.7. The van der Waals surface area contributed by atoms with Crippen LogP contribution in [0.4, 0.5) is 0 Å². The topological polar surface area (TPSA) is 101 Å². The standard InChI is InChI=1S/C21H18N4O2/c22-11-1-13-25(14-2-12-23)21(26)16-27-20-9-7-19(8-10-20)18-5-3-17(15-24)4-6-18/h3-10H,1-2,13-14,16H2. The predicted molar refractivity (Wildman–Crippen MR) is 99.1 cm³/mol. The Morgan fingerprint density at radius 3 is 1.85 bits per heavy atom. The number of benzene rings is 2. The van der Waals surface area contributed by atoms with Gasteiger partial charge < -0.3 is 9.64 Å². The van der Waals surface area contributed by atoms with Gasteiger partial charge in [-0.25, -0.2) is 0 Å². The van der Waals surface area contributed by atoms with Crippen LogP contribution in [0.2, 0.25) is 0 Å². The van der Waals surface area contributed by atoms with E-state index >= 15 is 0 Å². The molecule has 0 atom stereocenters. The Balaban J connectivity index is 1.95. The van der Waals surface area contributed by atoms with Crippen molar-refractivity contribution in [2.45, 2.75) is 12.8 Å². The van der Waals surface area contributed by atoms with Gasteiger partial charge in [-0.05, 0) is 35.4 Å². The van der Waals surface area contributed by atoms with E-state index in [1.54, 1.807) is 24.3 Å². The molecule has 6 nitrogen and oxygen atoms in total. The molecule has 0 bridgehead atoms. The van der Waals surface area contributed by atoms with Crippen molar-refractivity contribution in [2.24, 2.45) is 0 Å². The molecule has 0 saturated carbocycles. The van der Waals surface area contributed by atoms with Crippen molar-refractivity contribution < 1.29 is 9.53 Å². The van der Waals surface area contributed by atoms with Gasteiger partial charge in [0.25, 0.3) is 5.91 Å². The zero-order chi connectivity index (χ0) is 19.5. The van der Waals surface area contributed by atoms with E-state index in [0.717, 1.165) is 11.1 Å². The van der Waals surface area contributed by atoms with Crippen LogP contribution in [0.3, 0.4) is 0 Å². The highest BCUT2D eigenvalue weighted by Crippen LogP contribution is 2.22.